The van der Waals surface area contributed by atoms with Crippen molar-refractivity contribution >= 4 is 38.2 Å². The van der Waals surface area contributed by atoms with Gasteiger partial charge in [-0.15, -0.1) is 10.2 Å². The molecule has 0 saturated carbocycles. The summed E-state index contributed by atoms with van der Waals surface area (Å²) in [5.41, 5.74) is 6.56. The molecular weight excluding hydrogens is 290 g/mol. The summed E-state index contributed by atoms with van der Waals surface area (Å²) in [7, 11) is 1.61. The number of anilines is 1. The van der Waals surface area contributed by atoms with Crippen molar-refractivity contribution in [3.8, 4) is 11.5 Å². The first-order chi connectivity index (χ1) is 10.2. The van der Waals surface area contributed by atoms with Crippen LogP contribution in [0.4, 0.5) is 16.6 Å². The van der Waals surface area contributed by atoms with Gasteiger partial charge in [-0.1, -0.05) is 11.3 Å². The van der Waals surface area contributed by atoms with E-state index in [1.807, 2.05) is 18.2 Å². The molecule has 0 spiro atoms. The highest BCUT2D eigenvalue weighted by molar-refractivity contribution is 7.21. The molecule has 0 unspecified atom stereocenters. The van der Waals surface area contributed by atoms with Crippen molar-refractivity contribution in [2.45, 2.75) is 0 Å². The number of aromatic hydroxyl groups is 1. The summed E-state index contributed by atoms with van der Waals surface area (Å²) in [6.45, 7) is 0. The number of nitrogens with zero attached hydrogens (tertiary/aromatic N) is 4. The van der Waals surface area contributed by atoms with Gasteiger partial charge < -0.3 is 15.6 Å². The third-order valence-electron chi connectivity index (χ3n) is 2.76. The lowest BCUT2D eigenvalue weighted by atomic mass is 10.3. The fourth-order valence-corrected chi connectivity index (χ4v) is 2.51. The minimum absolute atomic E-state index is 0.0143. The number of nitrogen functional groups attached to an aromatic ring is 1. The van der Waals surface area contributed by atoms with Crippen LogP contribution in [-0.4, -0.2) is 22.2 Å². The SMILES string of the molecule is COc1ccc2nc(N=Nc3ccnc(N)c3O)sc2c1. The lowest BCUT2D eigenvalue weighted by molar-refractivity contribution is 0.415. The number of pyridine rings is 1. The first kappa shape index (κ1) is 13.3. The second-order valence-electron chi connectivity index (χ2n) is 4.09. The first-order valence-electron chi connectivity index (χ1n) is 5.97. The molecule has 3 N–H and O–H groups in total. The number of fused-ring (bicyclic) bond motifs is 1. The van der Waals surface area contributed by atoms with Gasteiger partial charge >= 0.3 is 0 Å². The molecular formula is C13H11N5O2S. The average molecular weight is 301 g/mol. The first-order valence-corrected chi connectivity index (χ1v) is 6.79. The van der Waals surface area contributed by atoms with Crippen molar-refractivity contribution in [2.24, 2.45) is 10.2 Å². The van der Waals surface area contributed by atoms with Crippen molar-refractivity contribution in [1.82, 2.24) is 9.97 Å². The van der Waals surface area contributed by atoms with E-state index in [1.165, 1.54) is 23.6 Å². The van der Waals surface area contributed by atoms with Crippen molar-refractivity contribution in [3.05, 3.63) is 30.5 Å². The Bertz CT molecular complexity index is 831. The number of azo groups is 1. The van der Waals surface area contributed by atoms with Crippen LogP contribution in [0.1, 0.15) is 0 Å². The van der Waals surface area contributed by atoms with E-state index >= 15 is 0 Å². The zero-order valence-corrected chi connectivity index (χ0v) is 11.8. The number of hydrogen-bond donors (Lipinski definition) is 2. The fraction of sp³-hybridized carbons (Fsp3) is 0.0769. The highest BCUT2D eigenvalue weighted by Gasteiger charge is 2.07. The predicted molar refractivity (Wildman–Crippen MR) is 80.7 cm³/mol. The summed E-state index contributed by atoms with van der Waals surface area (Å²) in [6, 6.07) is 7.09. The Kier molecular flexibility index (Phi) is 3.36. The summed E-state index contributed by atoms with van der Waals surface area (Å²) >= 11 is 1.38. The van der Waals surface area contributed by atoms with Crippen LogP contribution < -0.4 is 10.5 Å². The summed E-state index contributed by atoms with van der Waals surface area (Å²) in [4.78, 5) is 8.08. The van der Waals surface area contributed by atoms with Gasteiger partial charge in [-0.3, -0.25) is 0 Å². The summed E-state index contributed by atoms with van der Waals surface area (Å²) in [5, 5.41) is 18.2. The van der Waals surface area contributed by atoms with Gasteiger partial charge in [0.05, 0.1) is 17.3 Å². The van der Waals surface area contributed by atoms with Crippen LogP contribution in [-0.2, 0) is 0 Å². The minimum Gasteiger partial charge on any atom is -0.503 e. The molecule has 1 aromatic carbocycles. The maximum atomic E-state index is 9.71. The maximum absolute atomic E-state index is 9.71. The number of methoxy groups -OCH3 is 1. The molecule has 21 heavy (non-hydrogen) atoms. The monoisotopic (exact) mass is 301 g/mol. The molecule has 0 aliphatic heterocycles. The van der Waals surface area contributed by atoms with Gasteiger partial charge in [-0.25, -0.2) is 9.97 Å². The lowest BCUT2D eigenvalue weighted by Crippen LogP contribution is -1.88. The molecule has 0 amide bonds. The number of rotatable bonds is 3. The van der Waals surface area contributed by atoms with Crippen LogP contribution in [0.5, 0.6) is 11.5 Å². The van der Waals surface area contributed by atoms with Crippen molar-refractivity contribution in [1.29, 1.82) is 0 Å². The highest BCUT2D eigenvalue weighted by atomic mass is 32.1. The molecule has 0 saturated heterocycles. The van der Waals surface area contributed by atoms with Gasteiger partial charge in [0.2, 0.25) is 5.13 Å². The molecule has 106 valence electrons. The molecule has 2 heterocycles. The fourth-order valence-electron chi connectivity index (χ4n) is 1.70. The number of hydrogen-bond acceptors (Lipinski definition) is 8. The molecule has 2 aromatic heterocycles. The van der Waals surface area contributed by atoms with Crippen LogP contribution in [0.15, 0.2) is 40.7 Å². The number of ether oxygens (including phenoxy) is 1. The van der Waals surface area contributed by atoms with Crippen molar-refractivity contribution in [3.63, 3.8) is 0 Å². The highest BCUT2D eigenvalue weighted by Crippen LogP contribution is 2.34. The number of aromatic nitrogens is 2. The van der Waals surface area contributed by atoms with Crippen LogP contribution in [0, 0.1) is 0 Å². The van der Waals surface area contributed by atoms with Gasteiger partial charge in [-0.05, 0) is 24.3 Å². The standard InChI is InChI=1S/C13H11N5O2S/c1-20-7-2-3-8-10(6-7)21-13(16-8)18-17-9-4-5-15-12(14)11(9)19/h2-6,19H,1H3,(H2,14,15). The van der Waals surface area contributed by atoms with E-state index in [0.717, 1.165) is 16.0 Å². The Morgan fingerprint density at radius 3 is 2.95 bits per heavy atom. The third kappa shape index (κ3) is 2.61. The predicted octanol–water partition coefficient (Wildman–Crippen LogP) is 3.40. The Morgan fingerprint density at radius 2 is 2.14 bits per heavy atom. The van der Waals surface area contributed by atoms with E-state index in [4.69, 9.17) is 10.5 Å². The Balaban J connectivity index is 1.94. The van der Waals surface area contributed by atoms with E-state index in [1.54, 1.807) is 7.11 Å². The van der Waals surface area contributed by atoms with Gasteiger partial charge in [0.15, 0.2) is 11.6 Å². The van der Waals surface area contributed by atoms with E-state index in [2.05, 4.69) is 20.2 Å². The Hall–Kier alpha value is -2.74. The summed E-state index contributed by atoms with van der Waals surface area (Å²) in [6.07, 6.45) is 1.45. The van der Waals surface area contributed by atoms with Crippen LogP contribution in [0.2, 0.25) is 0 Å². The summed E-state index contributed by atoms with van der Waals surface area (Å²) in [5.74, 6) is 0.582. The number of nitrogens with two attached hydrogens (primary N) is 1. The maximum Gasteiger partial charge on any atom is 0.231 e. The van der Waals surface area contributed by atoms with Gasteiger partial charge in [0.1, 0.15) is 11.4 Å². The molecule has 8 heteroatoms. The van der Waals surface area contributed by atoms with Crippen LogP contribution in [0.25, 0.3) is 10.2 Å². The van der Waals surface area contributed by atoms with Crippen molar-refractivity contribution in [2.75, 3.05) is 12.8 Å². The molecule has 0 fully saturated rings. The third-order valence-corrected chi connectivity index (χ3v) is 3.66. The lowest BCUT2D eigenvalue weighted by Gasteiger charge is -1.98. The quantitative estimate of drug-likeness (QED) is 0.721. The number of thiazole rings is 1. The van der Waals surface area contributed by atoms with E-state index in [9.17, 15) is 5.11 Å². The molecule has 7 nitrogen and oxygen atoms in total. The molecule has 0 aliphatic rings. The zero-order valence-electron chi connectivity index (χ0n) is 11.0. The molecule has 0 radical (unpaired) electrons. The normalized spacial score (nSPS) is 11.3. The van der Waals surface area contributed by atoms with E-state index < -0.39 is 0 Å². The zero-order chi connectivity index (χ0) is 14.8. The van der Waals surface area contributed by atoms with Crippen LogP contribution in [0.3, 0.4) is 0 Å². The molecule has 3 aromatic rings. The molecule has 0 bridgehead atoms. The van der Waals surface area contributed by atoms with E-state index in [-0.39, 0.29) is 17.3 Å². The molecule has 0 atom stereocenters. The van der Waals surface area contributed by atoms with Gasteiger partial charge in [0.25, 0.3) is 0 Å². The average Bonchev–Trinajstić information content (AvgIpc) is 2.90. The minimum atomic E-state index is -0.191. The second-order valence-corrected chi connectivity index (χ2v) is 5.10. The smallest absolute Gasteiger partial charge is 0.231 e. The van der Waals surface area contributed by atoms with Crippen LogP contribution >= 0.6 is 11.3 Å². The Morgan fingerprint density at radius 1 is 1.29 bits per heavy atom. The molecule has 3 rings (SSSR count). The van der Waals surface area contributed by atoms with Crippen molar-refractivity contribution < 1.29 is 9.84 Å². The number of benzene rings is 1. The summed E-state index contributed by atoms with van der Waals surface area (Å²) < 4.78 is 6.11. The second kappa shape index (κ2) is 5.33. The van der Waals surface area contributed by atoms with E-state index in [0.29, 0.717) is 5.13 Å². The topological polar surface area (TPSA) is 106 Å². The largest absolute Gasteiger partial charge is 0.503 e. The van der Waals surface area contributed by atoms with Gasteiger partial charge in [0, 0.05) is 6.20 Å². The molecule has 0 aliphatic carbocycles. The van der Waals surface area contributed by atoms with Gasteiger partial charge in [-0.2, -0.15) is 0 Å². The Labute approximate surface area is 123 Å².